The van der Waals surface area contributed by atoms with Gasteiger partial charge in [0.15, 0.2) is 0 Å². The second-order valence-corrected chi connectivity index (χ2v) is 14.3. The van der Waals surface area contributed by atoms with Crippen LogP contribution in [-0.2, 0) is 10.8 Å². The third-order valence-corrected chi connectivity index (χ3v) is 9.43. The fourth-order valence-corrected chi connectivity index (χ4v) is 7.11. The number of rotatable bonds is 2. The highest BCUT2D eigenvalue weighted by Crippen LogP contribution is 2.50. The van der Waals surface area contributed by atoms with Gasteiger partial charge in [-0.1, -0.05) is 102 Å². The Morgan fingerprint density at radius 3 is 1.16 bits per heavy atom. The Morgan fingerprint density at radius 2 is 0.795 bits per heavy atom. The molecule has 0 bridgehead atoms. The number of nitrogens with zero attached hydrogens (tertiary/aromatic N) is 2. The number of hydrogen-bond donors (Lipinski definition) is 0. The molecule has 8 rings (SSSR count). The molecule has 0 fully saturated rings. The van der Waals surface area contributed by atoms with Gasteiger partial charge in [-0.2, -0.15) is 0 Å². The van der Waals surface area contributed by atoms with Crippen molar-refractivity contribution in [3.05, 3.63) is 121 Å². The summed E-state index contributed by atoms with van der Waals surface area (Å²) in [5.41, 5.74) is 7.06. The molecule has 0 unspecified atom stereocenters. The molecule has 0 saturated carbocycles. The van der Waals surface area contributed by atoms with Crippen molar-refractivity contribution >= 4 is 53.9 Å². The lowest BCUT2D eigenvalue weighted by molar-refractivity contribution is 0.591. The van der Waals surface area contributed by atoms with Crippen molar-refractivity contribution in [3.8, 4) is 22.5 Å². The Kier molecular flexibility index (Phi) is 5.68. The molecule has 0 spiro atoms. The highest BCUT2D eigenvalue weighted by molar-refractivity contribution is 6.43. The van der Waals surface area contributed by atoms with Crippen LogP contribution in [0.2, 0.25) is 0 Å². The lowest BCUT2D eigenvalue weighted by atomic mass is 9.79. The van der Waals surface area contributed by atoms with Gasteiger partial charge < -0.3 is 0 Å². The van der Waals surface area contributed by atoms with E-state index in [0.717, 1.165) is 11.4 Å². The maximum atomic E-state index is 4.87. The molecule has 0 aliphatic rings. The van der Waals surface area contributed by atoms with Crippen molar-refractivity contribution in [2.75, 3.05) is 0 Å². The van der Waals surface area contributed by atoms with Gasteiger partial charge in [0.2, 0.25) is 0 Å². The first-order chi connectivity index (χ1) is 21.1. The molecule has 0 aliphatic carbocycles. The van der Waals surface area contributed by atoms with E-state index < -0.39 is 0 Å². The predicted octanol–water partition coefficient (Wildman–Crippen LogP) is 11.6. The lowest BCUT2D eigenvalue weighted by Crippen LogP contribution is -2.11. The molecule has 0 aliphatic heterocycles. The van der Waals surface area contributed by atoms with Gasteiger partial charge in [-0.15, -0.1) is 0 Å². The zero-order chi connectivity index (χ0) is 30.4. The second-order valence-electron chi connectivity index (χ2n) is 14.3. The van der Waals surface area contributed by atoms with Crippen molar-refractivity contribution in [1.29, 1.82) is 0 Å². The van der Waals surface area contributed by atoms with Crippen molar-refractivity contribution in [3.63, 3.8) is 0 Å². The molecule has 0 saturated heterocycles. The number of fused-ring (bicyclic) bond motifs is 6. The van der Waals surface area contributed by atoms with E-state index in [4.69, 9.17) is 9.97 Å². The van der Waals surface area contributed by atoms with Crippen LogP contribution in [-0.4, -0.2) is 9.97 Å². The SMILES string of the molecule is CC(C)(C)c1ccc2c(c1)c1c(-c3ccccn3)ccc3c4ccc(C(C)(C)C)cc4c4c(-c5ccccn5)ccc2c4c31. The zero-order valence-electron chi connectivity index (χ0n) is 26.3. The highest BCUT2D eigenvalue weighted by Gasteiger charge is 2.25. The van der Waals surface area contributed by atoms with E-state index in [1.807, 2.05) is 24.5 Å². The molecule has 214 valence electrons. The molecule has 6 aromatic carbocycles. The summed E-state index contributed by atoms with van der Waals surface area (Å²) in [7, 11) is 0. The standard InChI is InChI=1S/C42H36N2/c1-41(2,3)25-13-15-27-29-17-20-32(36-12-8-10-22-44-36)38-34-24-26(42(4,5)6)14-16-28(34)30-18-19-31(35-11-7-9-21-43-35)37(33(27)23-25)39(30)40(29)38/h7-24H,1-6H3. The van der Waals surface area contributed by atoms with Crippen molar-refractivity contribution < 1.29 is 0 Å². The molecule has 8 aromatic rings. The first-order valence-corrected chi connectivity index (χ1v) is 15.6. The van der Waals surface area contributed by atoms with Crippen LogP contribution in [0.5, 0.6) is 0 Å². The molecule has 0 radical (unpaired) electrons. The average Bonchev–Trinajstić information content (AvgIpc) is 3.03. The van der Waals surface area contributed by atoms with Crippen LogP contribution < -0.4 is 0 Å². The van der Waals surface area contributed by atoms with Gasteiger partial charge in [0.25, 0.3) is 0 Å². The van der Waals surface area contributed by atoms with E-state index in [-0.39, 0.29) is 10.8 Å². The Morgan fingerprint density at radius 1 is 0.386 bits per heavy atom. The summed E-state index contributed by atoms with van der Waals surface area (Å²) >= 11 is 0. The summed E-state index contributed by atoms with van der Waals surface area (Å²) in [6, 6.07) is 35.9. The summed E-state index contributed by atoms with van der Waals surface area (Å²) in [4.78, 5) is 9.73. The Labute approximate surface area is 258 Å². The molecular formula is C42H36N2. The Bertz CT molecular complexity index is 2200. The second kappa shape index (κ2) is 9.34. The molecule has 0 atom stereocenters. The third kappa shape index (κ3) is 3.94. The maximum Gasteiger partial charge on any atom is 0.0708 e. The summed E-state index contributed by atoms with van der Waals surface area (Å²) in [5, 5.41) is 12.9. The van der Waals surface area contributed by atoms with Gasteiger partial charge in [0.1, 0.15) is 0 Å². The number of aromatic nitrogens is 2. The van der Waals surface area contributed by atoms with E-state index in [9.17, 15) is 0 Å². The van der Waals surface area contributed by atoms with Crippen LogP contribution in [0.3, 0.4) is 0 Å². The van der Waals surface area contributed by atoms with Crippen LogP contribution in [0, 0.1) is 0 Å². The van der Waals surface area contributed by atoms with Crippen LogP contribution >= 0.6 is 0 Å². The largest absolute Gasteiger partial charge is 0.256 e. The zero-order valence-corrected chi connectivity index (χ0v) is 26.3. The van der Waals surface area contributed by atoms with Crippen LogP contribution in [0.1, 0.15) is 52.7 Å². The van der Waals surface area contributed by atoms with Gasteiger partial charge in [-0.25, -0.2) is 0 Å². The third-order valence-electron chi connectivity index (χ3n) is 9.43. The van der Waals surface area contributed by atoms with E-state index in [2.05, 4.69) is 126 Å². The highest BCUT2D eigenvalue weighted by atomic mass is 14.7. The molecule has 0 amide bonds. The minimum Gasteiger partial charge on any atom is -0.256 e. The summed E-state index contributed by atoms with van der Waals surface area (Å²) in [6.07, 6.45) is 3.80. The fraction of sp³-hybridized carbons (Fsp3) is 0.190. The molecule has 2 heteroatoms. The minimum atomic E-state index is 0.0270. The predicted molar refractivity (Wildman–Crippen MR) is 189 cm³/mol. The summed E-state index contributed by atoms with van der Waals surface area (Å²) in [5.74, 6) is 0. The molecular weight excluding hydrogens is 532 g/mol. The van der Waals surface area contributed by atoms with Gasteiger partial charge >= 0.3 is 0 Å². The van der Waals surface area contributed by atoms with Gasteiger partial charge in [0.05, 0.1) is 11.4 Å². The number of pyridine rings is 2. The molecule has 2 nitrogen and oxygen atoms in total. The van der Waals surface area contributed by atoms with Gasteiger partial charge in [-0.3, -0.25) is 9.97 Å². The minimum absolute atomic E-state index is 0.0270. The van der Waals surface area contributed by atoms with Crippen LogP contribution in [0.4, 0.5) is 0 Å². The monoisotopic (exact) mass is 568 g/mol. The van der Waals surface area contributed by atoms with E-state index in [1.165, 1.54) is 76.1 Å². The van der Waals surface area contributed by atoms with Crippen molar-refractivity contribution in [2.24, 2.45) is 0 Å². The first kappa shape index (κ1) is 26.8. The van der Waals surface area contributed by atoms with Crippen molar-refractivity contribution in [1.82, 2.24) is 9.97 Å². The number of hydrogen-bond acceptors (Lipinski definition) is 2. The molecule has 44 heavy (non-hydrogen) atoms. The molecule has 2 heterocycles. The molecule has 0 N–H and O–H groups in total. The molecule has 2 aromatic heterocycles. The van der Waals surface area contributed by atoms with Crippen LogP contribution in [0.15, 0.2) is 109 Å². The van der Waals surface area contributed by atoms with Crippen LogP contribution in [0.25, 0.3) is 76.4 Å². The topological polar surface area (TPSA) is 25.8 Å². The number of benzene rings is 6. The average molecular weight is 569 g/mol. The van der Waals surface area contributed by atoms with E-state index >= 15 is 0 Å². The first-order valence-electron chi connectivity index (χ1n) is 15.6. The van der Waals surface area contributed by atoms with E-state index in [1.54, 1.807) is 0 Å². The fourth-order valence-electron chi connectivity index (χ4n) is 7.11. The Hall–Kier alpha value is -4.82. The van der Waals surface area contributed by atoms with Gasteiger partial charge in [-0.05, 0) is 101 Å². The lowest BCUT2D eigenvalue weighted by Gasteiger charge is -2.25. The smallest absolute Gasteiger partial charge is 0.0708 e. The van der Waals surface area contributed by atoms with Crippen molar-refractivity contribution in [2.45, 2.75) is 52.4 Å². The quantitative estimate of drug-likeness (QED) is 0.153. The normalized spacial score (nSPS) is 12.8. The van der Waals surface area contributed by atoms with E-state index in [0.29, 0.717) is 0 Å². The maximum absolute atomic E-state index is 4.87. The summed E-state index contributed by atoms with van der Waals surface area (Å²) in [6.45, 7) is 13.8. The summed E-state index contributed by atoms with van der Waals surface area (Å²) < 4.78 is 0. The van der Waals surface area contributed by atoms with Gasteiger partial charge in [0, 0.05) is 34.3 Å². The Balaban J connectivity index is 1.70.